The smallest absolute Gasteiger partial charge is 0.123 e. The van der Waals surface area contributed by atoms with Gasteiger partial charge in [-0.2, -0.15) is 0 Å². The molecule has 2 atom stereocenters. The number of aryl methyl sites for hydroxylation is 1. The third-order valence-corrected chi connectivity index (χ3v) is 4.62. The molecule has 0 aromatic carbocycles. The highest BCUT2D eigenvalue weighted by Crippen LogP contribution is 2.33. The molecule has 88 valence electrons. The van der Waals surface area contributed by atoms with Gasteiger partial charge in [-0.3, -0.25) is 0 Å². The van der Waals surface area contributed by atoms with E-state index < -0.39 is 0 Å². The maximum absolute atomic E-state index is 5.75. The van der Waals surface area contributed by atoms with Crippen molar-refractivity contribution >= 4 is 11.3 Å². The van der Waals surface area contributed by atoms with Crippen molar-refractivity contribution in [3.05, 3.63) is 15.6 Å². The Morgan fingerprint density at radius 2 is 2.44 bits per heavy atom. The van der Waals surface area contributed by atoms with Crippen LogP contribution in [-0.2, 0) is 17.6 Å². The Kier molecular flexibility index (Phi) is 2.96. The minimum Gasteiger partial charge on any atom is -0.368 e. The molecule has 4 heteroatoms. The highest BCUT2D eigenvalue weighted by molar-refractivity contribution is 7.11. The zero-order valence-corrected chi connectivity index (χ0v) is 10.5. The SMILES string of the molecule is CC1CCc2nc(C3CNCCO3)sc2C1. The van der Waals surface area contributed by atoms with E-state index in [2.05, 4.69) is 12.2 Å². The number of nitrogens with zero attached hydrogens (tertiary/aromatic N) is 1. The van der Waals surface area contributed by atoms with Crippen molar-refractivity contribution in [1.29, 1.82) is 0 Å². The quantitative estimate of drug-likeness (QED) is 0.812. The summed E-state index contributed by atoms with van der Waals surface area (Å²) in [6.45, 7) is 5.03. The van der Waals surface area contributed by atoms with Crippen molar-refractivity contribution in [1.82, 2.24) is 10.3 Å². The first-order chi connectivity index (χ1) is 7.83. The van der Waals surface area contributed by atoms with E-state index in [1.54, 1.807) is 0 Å². The largest absolute Gasteiger partial charge is 0.368 e. The van der Waals surface area contributed by atoms with Gasteiger partial charge in [0.15, 0.2) is 0 Å². The Labute approximate surface area is 100 Å². The van der Waals surface area contributed by atoms with Crippen molar-refractivity contribution in [2.24, 2.45) is 5.92 Å². The number of morpholine rings is 1. The van der Waals surface area contributed by atoms with Crippen LogP contribution in [0.15, 0.2) is 0 Å². The van der Waals surface area contributed by atoms with E-state index in [9.17, 15) is 0 Å². The molecule has 0 amide bonds. The van der Waals surface area contributed by atoms with Gasteiger partial charge in [0.05, 0.1) is 12.3 Å². The molecule has 16 heavy (non-hydrogen) atoms. The zero-order valence-electron chi connectivity index (χ0n) is 9.66. The van der Waals surface area contributed by atoms with Gasteiger partial charge < -0.3 is 10.1 Å². The highest BCUT2D eigenvalue weighted by atomic mass is 32.1. The van der Waals surface area contributed by atoms with Crippen molar-refractivity contribution in [2.45, 2.75) is 32.3 Å². The lowest BCUT2D eigenvalue weighted by Gasteiger charge is -2.21. The fourth-order valence-electron chi connectivity index (χ4n) is 2.42. The van der Waals surface area contributed by atoms with Crippen LogP contribution in [0.4, 0.5) is 0 Å². The number of hydrogen-bond donors (Lipinski definition) is 1. The van der Waals surface area contributed by atoms with Crippen LogP contribution in [0.1, 0.15) is 35.0 Å². The Balaban J connectivity index is 1.80. The molecule has 2 heterocycles. The number of rotatable bonds is 1. The minimum atomic E-state index is 0.194. The lowest BCUT2D eigenvalue weighted by atomic mass is 9.93. The molecule has 2 unspecified atom stereocenters. The molecule has 0 saturated carbocycles. The molecule has 3 rings (SSSR count). The van der Waals surface area contributed by atoms with Crippen LogP contribution in [-0.4, -0.2) is 24.7 Å². The molecule has 1 aliphatic heterocycles. The van der Waals surface area contributed by atoms with Crippen molar-refractivity contribution in [3.63, 3.8) is 0 Å². The molecule has 1 N–H and O–H groups in total. The molecule has 2 aliphatic rings. The van der Waals surface area contributed by atoms with E-state index in [1.165, 1.54) is 28.4 Å². The molecule has 1 saturated heterocycles. The van der Waals surface area contributed by atoms with Crippen LogP contribution in [0, 0.1) is 5.92 Å². The Morgan fingerprint density at radius 3 is 3.25 bits per heavy atom. The normalized spacial score (nSPS) is 30.1. The first-order valence-electron chi connectivity index (χ1n) is 6.13. The molecule has 1 aromatic rings. The summed E-state index contributed by atoms with van der Waals surface area (Å²) in [5, 5.41) is 4.55. The molecule has 1 aliphatic carbocycles. The van der Waals surface area contributed by atoms with Gasteiger partial charge in [-0.05, 0) is 25.2 Å². The third-order valence-electron chi connectivity index (χ3n) is 3.41. The Morgan fingerprint density at radius 1 is 1.50 bits per heavy atom. The molecule has 0 bridgehead atoms. The van der Waals surface area contributed by atoms with Crippen LogP contribution in [0.5, 0.6) is 0 Å². The van der Waals surface area contributed by atoms with Gasteiger partial charge >= 0.3 is 0 Å². The number of ether oxygens (including phenoxy) is 1. The van der Waals surface area contributed by atoms with Crippen LogP contribution in [0.2, 0.25) is 0 Å². The predicted molar refractivity (Wildman–Crippen MR) is 64.9 cm³/mol. The summed E-state index contributed by atoms with van der Waals surface area (Å²) >= 11 is 1.87. The lowest BCUT2D eigenvalue weighted by Crippen LogP contribution is -2.33. The van der Waals surface area contributed by atoms with E-state index in [1.807, 2.05) is 11.3 Å². The van der Waals surface area contributed by atoms with Crippen molar-refractivity contribution < 1.29 is 4.74 Å². The average Bonchev–Trinajstić information content (AvgIpc) is 2.73. The molecule has 1 fully saturated rings. The van der Waals surface area contributed by atoms with Gasteiger partial charge in [0.2, 0.25) is 0 Å². The van der Waals surface area contributed by atoms with Gasteiger partial charge in [-0.15, -0.1) is 11.3 Å². The third kappa shape index (κ3) is 2.01. The second-order valence-electron chi connectivity index (χ2n) is 4.83. The van der Waals surface area contributed by atoms with Gasteiger partial charge in [-0.25, -0.2) is 4.98 Å². The predicted octanol–water partition coefficient (Wildman–Crippen LogP) is 1.93. The molecule has 1 aromatic heterocycles. The fraction of sp³-hybridized carbons (Fsp3) is 0.750. The van der Waals surface area contributed by atoms with Crippen LogP contribution in [0.3, 0.4) is 0 Å². The van der Waals surface area contributed by atoms with Gasteiger partial charge in [-0.1, -0.05) is 6.92 Å². The monoisotopic (exact) mass is 238 g/mol. The Hall–Kier alpha value is -0.450. The summed E-state index contributed by atoms with van der Waals surface area (Å²) in [6.07, 6.45) is 3.86. The standard InChI is InChI=1S/C12H18N2OS/c1-8-2-3-9-11(6-8)16-12(14-9)10-7-13-4-5-15-10/h8,10,13H,2-7H2,1H3. The number of hydrogen-bond acceptors (Lipinski definition) is 4. The molecule has 0 spiro atoms. The lowest BCUT2D eigenvalue weighted by molar-refractivity contribution is 0.0275. The molecular formula is C12H18N2OS. The number of aromatic nitrogens is 1. The summed E-state index contributed by atoms with van der Waals surface area (Å²) < 4.78 is 5.75. The number of fused-ring (bicyclic) bond motifs is 1. The first kappa shape index (κ1) is 10.7. The van der Waals surface area contributed by atoms with E-state index in [4.69, 9.17) is 9.72 Å². The van der Waals surface area contributed by atoms with Gasteiger partial charge in [0, 0.05) is 18.0 Å². The van der Waals surface area contributed by atoms with Crippen molar-refractivity contribution in [2.75, 3.05) is 19.7 Å². The van der Waals surface area contributed by atoms with Crippen LogP contribution < -0.4 is 5.32 Å². The van der Waals surface area contributed by atoms with E-state index in [0.29, 0.717) is 0 Å². The Bertz CT molecular complexity index is 371. The summed E-state index contributed by atoms with van der Waals surface area (Å²) in [7, 11) is 0. The van der Waals surface area contributed by atoms with Crippen LogP contribution >= 0.6 is 11.3 Å². The zero-order chi connectivity index (χ0) is 11.0. The van der Waals surface area contributed by atoms with E-state index in [0.717, 1.165) is 32.0 Å². The van der Waals surface area contributed by atoms with Gasteiger partial charge in [0.1, 0.15) is 11.1 Å². The molecule has 0 radical (unpaired) electrons. The highest BCUT2D eigenvalue weighted by Gasteiger charge is 2.24. The van der Waals surface area contributed by atoms with Crippen LogP contribution in [0.25, 0.3) is 0 Å². The second-order valence-corrected chi connectivity index (χ2v) is 5.95. The number of nitrogens with one attached hydrogen (secondary N) is 1. The summed E-state index contributed by atoms with van der Waals surface area (Å²) in [5.41, 5.74) is 1.34. The average molecular weight is 238 g/mol. The molecular weight excluding hydrogens is 220 g/mol. The van der Waals surface area contributed by atoms with E-state index >= 15 is 0 Å². The maximum Gasteiger partial charge on any atom is 0.123 e. The maximum atomic E-state index is 5.75. The summed E-state index contributed by atoms with van der Waals surface area (Å²) in [4.78, 5) is 6.27. The van der Waals surface area contributed by atoms with Gasteiger partial charge in [0.25, 0.3) is 0 Å². The fourth-order valence-corrected chi connectivity index (χ4v) is 3.75. The minimum absolute atomic E-state index is 0.194. The topological polar surface area (TPSA) is 34.2 Å². The first-order valence-corrected chi connectivity index (χ1v) is 6.95. The summed E-state index contributed by atoms with van der Waals surface area (Å²) in [5.74, 6) is 0.825. The number of thiazole rings is 1. The van der Waals surface area contributed by atoms with Crippen molar-refractivity contribution in [3.8, 4) is 0 Å². The second kappa shape index (κ2) is 4.43. The van der Waals surface area contributed by atoms with E-state index in [-0.39, 0.29) is 6.10 Å². The molecule has 3 nitrogen and oxygen atoms in total. The summed E-state index contributed by atoms with van der Waals surface area (Å²) in [6, 6.07) is 0.